The van der Waals surface area contributed by atoms with Crippen molar-refractivity contribution in [3.05, 3.63) is 64.4 Å². The van der Waals surface area contributed by atoms with Gasteiger partial charge in [-0.3, -0.25) is 9.59 Å². The normalized spacial score (nSPS) is 11.5. The van der Waals surface area contributed by atoms with Crippen LogP contribution in [0.4, 0.5) is 10.1 Å². The van der Waals surface area contributed by atoms with Gasteiger partial charge in [0.2, 0.25) is 0 Å². The highest BCUT2D eigenvalue weighted by molar-refractivity contribution is 6.31. The number of benzene rings is 2. The van der Waals surface area contributed by atoms with Crippen molar-refractivity contribution < 1.29 is 23.5 Å². The molecule has 3 N–H and O–H groups in total. The van der Waals surface area contributed by atoms with Crippen molar-refractivity contribution >= 4 is 34.9 Å². The Kier molecular flexibility index (Phi) is 6.43. The van der Waals surface area contributed by atoms with Gasteiger partial charge in [-0.25, -0.2) is 9.18 Å². The Labute approximate surface area is 154 Å². The van der Waals surface area contributed by atoms with Crippen LogP contribution in [-0.4, -0.2) is 30.3 Å². The van der Waals surface area contributed by atoms with Crippen molar-refractivity contribution in [1.29, 1.82) is 0 Å². The van der Waals surface area contributed by atoms with Crippen LogP contribution in [0.15, 0.2) is 42.5 Å². The van der Waals surface area contributed by atoms with Crippen LogP contribution < -0.4 is 11.1 Å². The number of carbonyl (C=O) groups is 3. The Hall–Kier alpha value is -2.77. The number of rotatable bonds is 6. The lowest BCUT2D eigenvalue weighted by Gasteiger charge is -2.14. The monoisotopic (exact) mass is 378 g/mol. The molecule has 0 heterocycles. The first-order valence-electron chi connectivity index (χ1n) is 7.67. The molecule has 0 aromatic heterocycles. The van der Waals surface area contributed by atoms with Gasteiger partial charge in [0.15, 0.2) is 11.8 Å². The van der Waals surface area contributed by atoms with Crippen LogP contribution >= 0.6 is 11.6 Å². The SMILES string of the molecule is CCOC(=O)[C@@H](N)C(=O)Nc1ccc(Cl)cc1C(=O)c1ccccc1F. The Bertz CT molecular complexity index is 857. The fraction of sp³-hybridized carbons (Fsp3) is 0.167. The minimum Gasteiger partial charge on any atom is -0.464 e. The molecule has 1 amide bonds. The molecule has 8 heteroatoms. The average Bonchev–Trinajstić information content (AvgIpc) is 2.62. The van der Waals surface area contributed by atoms with Gasteiger partial charge < -0.3 is 15.8 Å². The summed E-state index contributed by atoms with van der Waals surface area (Å²) in [5.41, 5.74) is 5.36. The molecule has 0 aliphatic carbocycles. The molecule has 0 aliphatic rings. The molecule has 26 heavy (non-hydrogen) atoms. The van der Waals surface area contributed by atoms with E-state index in [4.69, 9.17) is 17.3 Å². The Balaban J connectivity index is 2.34. The zero-order valence-corrected chi connectivity index (χ0v) is 14.5. The van der Waals surface area contributed by atoms with Gasteiger partial charge in [0, 0.05) is 10.6 Å². The molecule has 136 valence electrons. The minimum absolute atomic E-state index is 0.0352. The number of nitrogens with one attached hydrogen (secondary N) is 1. The zero-order valence-electron chi connectivity index (χ0n) is 13.8. The maximum atomic E-state index is 13.9. The number of amides is 1. The standard InChI is InChI=1S/C18H16ClFN2O4/c1-2-26-18(25)15(21)17(24)22-14-8-7-10(19)9-12(14)16(23)11-5-3-4-6-13(11)20/h3-9,15H,2,21H2,1H3,(H,22,24)/t15-/m0/s1. The van der Waals surface area contributed by atoms with Crippen molar-refractivity contribution in [1.82, 2.24) is 0 Å². The summed E-state index contributed by atoms with van der Waals surface area (Å²) in [4.78, 5) is 36.4. The molecule has 2 rings (SSSR count). The number of anilines is 1. The number of carbonyl (C=O) groups excluding carboxylic acids is 3. The number of ether oxygens (including phenoxy) is 1. The first-order valence-corrected chi connectivity index (χ1v) is 8.04. The van der Waals surface area contributed by atoms with Gasteiger partial charge >= 0.3 is 5.97 Å². The van der Waals surface area contributed by atoms with E-state index in [-0.39, 0.29) is 28.4 Å². The lowest BCUT2D eigenvalue weighted by molar-refractivity contribution is -0.146. The summed E-state index contributed by atoms with van der Waals surface area (Å²) in [6, 6.07) is 7.95. The van der Waals surface area contributed by atoms with Gasteiger partial charge in [0.1, 0.15) is 5.82 Å². The average molecular weight is 379 g/mol. The molecular weight excluding hydrogens is 363 g/mol. The quantitative estimate of drug-likeness (QED) is 0.457. The van der Waals surface area contributed by atoms with Gasteiger partial charge in [0.05, 0.1) is 17.9 Å². The molecule has 1 atom stereocenters. The van der Waals surface area contributed by atoms with E-state index >= 15 is 0 Å². The number of esters is 1. The van der Waals surface area contributed by atoms with Crippen molar-refractivity contribution in [2.75, 3.05) is 11.9 Å². The molecule has 0 saturated heterocycles. The van der Waals surface area contributed by atoms with Crippen LogP contribution in [0, 0.1) is 5.82 Å². The van der Waals surface area contributed by atoms with Crippen LogP contribution in [0.5, 0.6) is 0 Å². The van der Waals surface area contributed by atoms with Crippen LogP contribution in [0.1, 0.15) is 22.8 Å². The number of nitrogens with two attached hydrogens (primary N) is 1. The van der Waals surface area contributed by atoms with Crippen LogP contribution in [0.2, 0.25) is 5.02 Å². The third-order valence-corrected chi connectivity index (χ3v) is 3.66. The molecule has 0 fully saturated rings. The van der Waals surface area contributed by atoms with Crippen LogP contribution in [-0.2, 0) is 14.3 Å². The van der Waals surface area contributed by atoms with E-state index in [9.17, 15) is 18.8 Å². The molecule has 0 radical (unpaired) electrons. The predicted octanol–water partition coefficient (Wildman–Crippen LogP) is 2.54. The lowest BCUT2D eigenvalue weighted by atomic mass is 10.0. The maximum Gasteiger partial charge on any atom is 0.332 e. The topological polar surface area (TPSA) is 98.5 Å². The summed E-state index contributed by atoms with van der Waals surface area (Å²) in [5.74, 6) is -3.15. The predicted molar refractivity (Wildman–Crippen MR) is 94.5 cm³/mol. The lowest BCUT2D eigenvalue weighted by Crippen LogP contribution is -2.43. The van der Waals surface area contributed by atoms with E-state index < -0.39 is 29.5 Å². The molecule has 2 aromatic carbocycles. The summed E-state index contributed by atoms with van der Waals surface area (Å²) in [6.45, 7) is 1.64. The van der Waals surface area contributed by atoms with Crippen molar-refractivity contribution in [2.24, 2.45) is 5.73 Å². The summed E-state index contributed by atoms with van der Waals surface area (Å²) < 4.78 is 18.6. The molecule has 0 saturated carbocycles. The van der Waals surface area contributed by atoms with Crippen molar-refractivity contribution in [3.8, 4) is 0 Å². The largest absolute Gasteiger partial charge is 0.464 e. The molecule has 0 spiro atoms. The van der Waals surface area contributed by atoms with E-state index in [0.29, 0.717) is 0 Å². The molecule has 0 bridgehead atoms. The number of halogens is 2. The summed E-state index contributed by atoms with van der Waals surface area (Å²) >= 11 is 5.92. The highest BCUT2D eigenvalue weighted by Gasteiger charge is 2.25. The van der Waals surface area contributed by atoms with Gasteiger partial charge in [-0.1, -0.05) is 23.7 Å². The third kappa shape index (κ3) is 4.44. The maximum absolute atomic E-state index is 13.9. The van der Waals surface area contributed by atoms with Crippen LogP contribution in [0.3, 0.4) is 0 Å². The van der Waals surface area contributed by atoms with E-state index in [1.807, 2.05) is 0 Å². The fourth-order valence-electron chi connectivity index (χ4n) is 2.15. The van der Waals surface area contributed by atoms with E-state index in [0.717, 1.165) is 6.07 Å². The highest BCUT2D eigenvalue weighted by Crippen LogP contribution is 2.25. The van der Waals surface area contributed by atoms with E-state index in [1.54, 1.807) is 6.92 Å². The second kappa shape index (κ2) is 8.55. The van der Waals surface area contributed by atoms with Gasteiger partial charge in [0.25, 0.3) is 5.91 Å². The van der Waals surface area contributed by atoms with Crippen LogP contribution in [0.25, 0.3) is 0 Å². The van der Waals surface area contributed by atoms with Gasteiger partial charge in [-0.05, 0) is 37.3 Å². The second-order valence-electron chi connectivity index (χ2n) is 5.22. The molecule has 6 nitrogen and oxygen atoms in total. The summed E-state index contributed by atoms with van der Waals surface area (Å²) in [7, 11) is 0. The third-order valence-electron chi connectivity index (χ3n) is 3.43. The number of hydrogen-bond acceptors (Lipinski definition) is 5. The summed E-state index contributed by atoms with van der Waals surface area (Å²) in [5, 5.41) is 2.60. The smallest absolute Gasteiger partial charge is 0.332 e. The number of ketones is 1. The Morgan fingerprint density at radius 1 is 1.19 bits per heavy atom. The minimum atomic E-state index is -1.57. The second-order valence-corrected chi connectivity index (χ2v) is 5.65. The molecule has 0 aliphatic heterocycles. The van der Waals surface area contributed by atoms with Crippen molar-refractivity contribution in [3.63, 3.8) is 0 Å². The first kappa shape index (κ1) is 19.6. The zero-order chi connectivity index (χ0) is 19.3. The Morgan fingerprint density at radius 3 is 2.54 bits per heavy atom. The van der Waals surface area contributed by atoms with Gasteiger partial charge in [-0.15, -0.1) is 0 Å². The van der Waals surface area contributed by atoms with Crippen molar-refractivity contribution in [2.45, 2.75) is 13.0 Å². The van der Waals surface area contributed by atoms with E-state index in [1.165, 1.54) is 36.4 Å². The Morgan fingerprint density at radius 2 is 1.88 bits per heavy atom. The van der Waals surface area contributed by atoms with E-state index in [2.05, 4.69) is 10.1 Å². The summed E-state index contributed by atoms with van der Waals surface area (Å²) in [6.07, 6.45) is 0. The molecule has 2 aromatic rings. The highest BCUT2D eigenvalue weighted by atomic mass is 35.5. The van der Waals surface area contributed by atoms with Gasteiger partial charge in [-0.2, -0.15) is 0 Å². The fourth-order valence-corrected chi connectivity index (χ4v) is 2.33. The number of hydrogen-bond donors (Lipinski definition) is 2. The molecular formula is C18H16ClFN2O4. The first-order chi connectivity index (χ1) is 12.3. The molecule has 0 unspecified atom stereocenters.